The van der Waals surface area contributed by atoms with Crippen molar-refractivity contribution >= 4 is 39.3 Å². The highest BCUT2D eigenvalue weighted by atomic mass is 79.9. The molecule has 0 saturated carbocycles. The van der Waals surface area contributed by atoms with Gasteiger partial charge in [0.05, 0.1) is 0 Å². The molecule has 0 fully saturated rings. The number of halogens is 2. The van der Waals surface area contributed by atoms with Crippen LogP contribution in [-0.4, -0.2) is 35.8 Å². The second kappa shape index (κ2) is 7.64. The monoisotopic (exact) mass is 360 g/mol. The molecule has 2 amide bonds. The SMILES string of the molecule is CCN(CC)C(=O)C(C)NC(=O)c1cc(Cl)cc(Br)c1. The lowest BCUT2D eigenvalue weighted by Gasteiger charge is -2.23. The van der Waals surface area contributed by atoms with E-state index in [1.54, 1.807) is 30.0 Å². The Kier molecular flexibility index (Phi) is 6.49. The van der Waals surface area contributed by atoms with Gasteiger partial charge in [0.15, 0.2) is 0 Å². The Hall–Kier alpha value is -1.07. The van der Waals surface area contributed by atoms with Crippen molar-refractivity contribution in [2.75, 3.05) is 13.1 Å². The van der Waals surface area contributed by atoms with Gasteiger partial charge in [-0.25, -0.2) is 0 Å². The van der Waals surface area contributed by atoms with E-state index >= 15 is 0 Å². The quantitative estimate of drug-likeness (QED) is 0.876. The van der Waals surface area contributed by atoms with Gasteiger partial charge in [0.25, 0.3) is 5.91 Å². The minimum absolute atomic E-state index is 0.0931. The van der Waals surface area contributed by atoms with Crippen molar-refractivity contribution in [3.63, 3.8) is 0 Å². The molecule has 0 saturated heterocycles. The highest BCUT2D eigenvalue weighted by molar-refractivity contribution is 9.10. The Bertz CT molecular complexity index is 484. The third kappa shape index (κ3) is 4.49. The maximum absolute atomic E-state index is 12.1. The van der Waals surface area contributed by atoms with Gasteiger partial charge >= 0.3 is 0 Å². The molecule has 1 atom stereocenters. The van der Waals surface area contributed by atoms with Gasteiger partial charge in [0.2, 0.25) is 5.91 Å². The number of nitrogens with one attached hydrogen (secondary N) is 1. The zero-order valence-corrected chi connectivity index (χ0v) is 14.1. The van der Waals surface area contributed by atoms with Gasteiger partial charge in [-0.05, 0) is 39.0 Å². The Labute approximate surface area is 132 Å². The van der Waals surface area contributed by atoms with E-state index in [2.05, 4.69) is 21.2 Å². The predicted molar refractivity (Wildman–Crippen MR) is 84.0 cm³/mol. The van der Waals surface area contributed by atoms with Crippen LogP contribution in [0.4, 0.5) is 0 Å². The summed E-state index contributed by atoms with van der Waals surface area (Å²) in [5, 5.41) is 3.15. The van der Waals surface area contributed by atoms with Crippen LogP contribution in [0, 0.1) is 0 Å². The number of nitrogens with zero attached hydrogens (tertiary/aromatic N) is 1. The number of carbonyl (C=O) groups excluding carboxylic acids is 2. The second-order valence-electron chi connectivity index (χ2n) is 4.36. The largest absolute Gasteiger partial charge is 0.341 e. The smallest absolute Gasteiger partial charge is 0.252 e. The van der Waals surface area contributed by atoms with Gasteiger partial charge in [-0.1, -0.05) is 27.5 Å². The zero-order chi connectivity index (χ0) is 15.3. The van der Waals surface area contributed by atoms with Gasteiger partial charge in [-0.15, -0.1) is 0 Å². The Balaban J connectivity index is 2.77. The summed E-state index contributed by atoms with van der Waals surface area (Å²) in [4.78, 5) is 25.9. The van der Waals surface area contributed by atoms with Crippen LogP contribution >= 0.6 is 27.5 Å². The molecule has 1 rings (SSSR count). The first-order valence-electron chi connectivity index (χ1n) is 6.44. The van der Waals surface area contributed by atoms with E-state index in [0.717, 1.165) is 4.47 Å². The number of rotatable bonds is 5. The van der Waals surface area contributed by atoms with Crippen LogP contribution in [0.2, 0.25) is 5.02 Å². The summed E-state index contributed by atoms with van der Waals surface area (Å²) < 4.78 is 0.720. The summed E-state index contributed by atoms with van der Waals surface area (Å²) in [5.41, 5.74) is 0.420. The molecule has 0 aliphatic carbocycles. The fourth-order valence-corrected chi connectivity index (χ4v) is 2.70. The molecule has 4 nitrogen and oxygen atoms in total. The third-order valence-corrected chi connectivity index (χ3v) is 3.59. The lowest BCUT2D eigenvalue weighted by molar-refractivity contribution is -0.132. The summed E-state index contributed by atoms with van der Waals surface area (Å²) in [5.74, 6) is -0.411. The number of hydrogen-bond acceptors (Lipinski definition) is 2. The molecule has 110 valence electrons. The van der Waals surface area contributed by atoms with E-state index in [4.69, 9.17) is 11.6 Å². The van der Waals surface area contributed by atoms with Crippen LogP contribution in [0.5, 0.6) is 0 Å². The Morgan fingerprint density at radius 3 is 2.40 bits per heavy atom. The van der Waals surface area contributed by atoms with Crippen molar-refractivity contribution in [2.24, 2.45) is 0 Å². The molecule has 0 bridgehead atoms. The average molecular weight is 362 g/mol. The lowest BCUT2D eigenvalue weighted by Crippen LogP contribution is -2.46. The summed E-state index contributed by atoms with van der Waals surface area (Å²) in [6.07, 6.45) is 0. The lowest BCUT2D eigenvalue weighted by atomic mass is 10.2. The molecule has 0 radical (unpaired) electrons. The number of likely N-dealkylation sites (N-methyl/N-ethyl adjacent to an activating group) is 1. The molecular formula is C14H18BrClN2O2. The van der Waals surface area contributed by atoms with E-state index in [1.165, 1.54) is 0 Å². The van der Waals surface area contributed by atoms with E-state index in [1.807, 2.05) is 13.8 Å². The highest BCUT2D eigenvalue weighted by Crippen LogP contribution is 2.19. The van der Waals surface area contributed by atoms with Gasteiger partial charge < -0.3 is 10.2 Å². The van der Waals surface area contributed by atoms with Gasteiger partial charge in [-0.2, -0.15) is 0 Å². The second-order valence-corrected chi connectivity index (χ2v) is 5.72. The van der Waals surface area contributed by atoms with Gasteiger partial charge in [0, 0.05) is 28.1 Å². The van der Waals surface area contributed by atoms with Crippen LogP contribution < -0.4 is 5.32 Å². The summed E-state index contributed by atoms with van der Waals surface area (Å²) in [7, 11) is 0. The molecule has 1 unspecified atom stereocenters. The number of benzene rings is 1. The number of amides is 2. The standard InChI is InChI=1S/C14H18BrClN2O2/c1-4-18(5-2)14(20)9(3)17-13(19)10-6-11(15)8-12(16)7-10/h6-9H,4-5H2,1-3H3,(H,17,19). The van der Waals surface area contributed by atoms with Crippen LogP contribution in [0.25, 0.3) is 0 Å². The first-order valence-corrected chi connectivity index (χ1v) is 7.61. The first kappa shape index (κ1) is 17.0. The molecule has 6 heteroatoms. The molecule has 1 N–H and O–H groups in total. The summed E-state index contributed by atoms with van der Waals surface area (Å²) in [6.45, 7) is 6.74. The molecule has 0 aliphatic heterocycles. The highest BCUT2D eigenvalue weighted by Gasteiger charge is 2.20. The molecule has 0 spiro atoms. The molecule has 0 aliphatic rings. The summed E-state index contributed by atoms with van der Waals surface area (Å²) >= 11 is 9.19. The molecule has 1 aromatic rings. The number of carbonyl (C=O) groups is 2. The Morgan fingerprint density at radius 1 is 1.30 bits per heavy atom. The zero-order valence-electron chi connectivity index (χ0n) is 11.7. The summed E-state index contributed by atoms with van der Waals surface area (Å²) in [6, 6.07) is 4.36. The van der Waals surface area contributed by atoms with Crippen molar-refractivity contribution in [1.82, 2.24) is 10.2 Å². The molecule has 1 aromatic carbocycles. The molecular weight excluding hydrogens is 344 g/mol. The van der Waals surface area contributed by atoms with E-state index in [0.29, 0.717) is 23.7 Å². The molecule has 0 heterocycles. The maximum Gasteiger partial charge on any atom is 0.252 e. The minimum atomic E-state index is -0.569. The van der Waals surface area contributed by atoms with Crippen molar-refractivity contribution in [3.05, 3.63) is 33.3 Å². The fraction of sp³-hybridized carbons (Fsp3) is 0.429. The predicted octanol–water partition coefficient (Wildman–Crippen LogP) is 3.09. The van der Waals surface area contributed by atoms with Crippen LogP contribution in [0.15, 0.2) is 22.7 Å². The van der Waals surface area contributed by atoms with E-state index < -0.39 is 6.04 Å². The molecule has 0 aromatic heterocycles. The van der Waals surface area contributed by atoms with Crippen LogP contribution in [0.3, 0.4) is 0 Å². The van der Waals surface area contributed by atoms with Crippen LogP contribution in [0.1, 0.15) is 31.1 Å². The van der Waals surface area contributed by atoms with Crippen molar-refractivity contribution in [3.8, 4) is 0 Å². The van der Waals surface area contributed by atoms with Crippen molar-refractivity contribution < 1.29 is 9.59 Å². The average Bonchev–Trinajstić information content (AvgIpc) is 2.38. The number of hydrogen-bond donors (Lipinski definition) is 1. The topological polar surface area (TPSA) is 49.4 Å². The van der Waals surface area contributed by atoms with Crippen molar-refractivity contribution in [1.29, 1.82) is 0 Å². The minimum Gasteiger partial charge on any atom is -0.341 e. The van der Waals surface area contributed by atoms with Gasteiger partial charge in [-0.3, -0.25) is 9.59 Å². The van der Waals surface area contributed by atoms with Crippen LogP contribution in [-0.2, 0) is 4.79 Å². The maximum atomic E-state index is 12.1. The normalized spacial score (nSPS) is 11.8. The molecule has 20 heavy (non-hydrogen) atoms. The third-order valence-electron chi connectivity index (χ3n) is 2.92. The Morgan fingerprint density at radius 2 is 1.90 bits per heavy atom. The van der Waals surface area contributed by atoms with Gasteiger partial charge in [0.1, 0.15) is 6.04 Å². The van der Waals surface area contributed by atoms with E-state index in [-0.39, 0.29) is 11.8 Å². The van der Waals surface area contributed by atoms with Crippen molar-refractivity contribution in [2.45, 2.75) is 26.8 Å². The van der Waals surface area contributed by atoms with E-state index in [9.17, 15) is 9.59 Å². The first-order chi connectivity index (χ1) is 9.38. The fourth-order valence-electron chi connectivity index (χ4n) is 1.84.